The molecular formula is C18H30O4. The third-order valence-electron chi connectivity index (χ3n) is 3.51. The largest absolute Gasteiger partial charge is 0.387 e. The third kappa shape index (κ3) is 9.82. The number of hydrogen-bond acceptors (Lipinski definition) is 4. The van der Waals surface area contributed by atoms with Gasteiger partial charge >= 0.3 is 0 Å². The molecule has 4 heteroatoms. The Morgan fingerprint density at radius 1 is 0.909 bits per heavy atom. The summed E-state index contributed by atoms with van der Waals surface area (Å²) in [6.07, 6.45) is 3.49. The van der Waals surface area contributed by atoms with E-state index in [1.54, 1.807) is 0 Å². The highest BCUT2D eigenvalue weighted by Gasteiger charge is 2.24. The SMILES string of the molecule is CCCCCCC[C@H](OC)[C@@H](O)[C@@H](O)C#CC#C[C@H](O)CC. The van der Waals surface area contributed by atoms with Crippen LogP contribution in [0.5, 0.6) is 0 Å². The maximum absolute atomic E-state index is 10.1. The van der Waals surface area contributed by atoms with Crippen LogP contribution in [0, 0.1) is 23.7 Å². The van der Waals surface area contributed by atoms with Crippen molar-refractivity contribution in [2.24, 2.45) is 0 Å². The van der Waals surface area contributed by atoms with Crippen LogP contribution in [0.25, 0.3) is 0 Å². The minimum absolute atomic E-state index is 0.430. The van der Waals surface area contributed by atoms with Gasteiger partial charge in [-0.25, -0.2) is 0 Å². The molecule has 0 aliphatic rings. The Bertz CT molecular complexity index is 385. The molecule has 0 saturated carbocycles. The zero-order chi connectivity index (χ0) is 16.8. The molecule has 0 amide bonds. The molecule has 22 heavy (non-hydrogen) atoms. The summed E-state index contributed by atoms with van der Waals surface area (Å²) in [6.45, 7) is 3.98. The molecule has 4 nitrogen and oxygen atoms in total. The highest BCUT2D eigenvalue weighted by molar-refractivity contribution is 5.29. The van der Waals surface area contributed by atoms with Crippen molar-refractivity contribution < 1.29 is 20.1 Å². The van der Waals surface area contributed by atoms with Crippen LogP contribution in [0.1, 0.15) is 58.8 Å². The van der Waals surface area contributed by atoms with Gasteiger partial charge in [-0.05, 0) is 24.7 Å². The van der Waals surface area contributed by atoms with E-state index >= 15 is 0 Å². The van der Waals surface area contributed by atoms with Crippen molar-refractivity contribution in [2.45, 2.75) is 83.2 Å². The molecule has 0 aromatic carbocycles. The Balaban J connectivity index is 4.28. The number of aliphatic hydroxyl groups is 3. The van der Waals surface area contributed by atoms with Crippen LogP contribution in [-0.2, 0) is 4.74 Å². The summed E-state index contributed by atoms with van der Waals surface area (Å²) in [7, 11) is 1.53. The van der Waals surface area contributed by atoms with Crippen molar-refractivity contribution in [3.63, 3.8) is 0 Å². The molecule has 0 rings (SSSR count). The van der Waals surface area contributed by atoms with Crippen molar-refractivity contribution in [3.05, 3.63) is 0 Å². The van der Waals surface area contributed by atoms with Gasteiger partial charge in [0, 0.05) is 7.11 Å². The van der Waals surface area contributed by atoms with Gasteiger partial charge in [0.1, 0.15) is 18.3 Å². The van der Waals surface area contributed by atoms with Crippen molar-refractivity contribution in [3.8, 4) is 23.7 Å². The number of hydrogen-bond donors (Lipinski definition) is 3. The van der Waals surface area contributed by atoms with E-state index in [9.17, 15) is 15.3 Å². The number of rotatable bonds is 10. The molecule has 0 fully saturated rings. The van der Waals surface area contributed by atoms with Crippen molar-refractivity contribution in [1.29, 1.82) is 0 Å². The molecule has 0 aromatic heterocycles. The first-order chi connectivity index (χ1) is 10.6. The van der Waals surface area contributed by atoms with E-state index in [2.05, 4.69) is 30.6 Å². The Morgan fingerprint density at radius 3 is 2.14 bits per heavy atom. The van der Waals surface area contributed by atoms with Crippen LogP contribution in [0.3, 0.4) is 0 Å². The monoisotopic (exact) mass is 310 g/mol. The van der Waals surface area contributed by atoms with Gasteiger partial charge < -0.3 is 20.1 Å². The Hall–Kier alpha value is -1.04. The number of methoxy groups -OCH3 is 1. The van der Waals surface area contributed by atoms with Crippen LogP contribution >= 0.6 is 0 Å². The topological polar surface area (TPSA) is 69.9 Å². The maximum Gasteiger partial charge on any atom is 0.144 e. The summed E-state index contributed by atoms with van der Waals surface area (Å²) >= 11 is 0. The van der Waals surface area contributed by atoms with Gasteiger partial charge in [0.15, 0.2) is 0 Å². The number of unbranched alkanes of at least 4 members (excludes halogenated alkanes) is 4. The van der Waals surface area contributed by atoms with E-state index in [4.69, 9.17) is 4.74 Å². The molecule has 0 radical (unpaired) electrons. The first-order valence-corrected chi connectivity index (χ1v) is 8.14. The second-order valence-corrected chi connectivity index (χ2v) is 5.38. The highest BCUT2D eigenvalue weighted by Crippen LogP contribution is 2.13. The Kier molecular flexibility index (Phi) is 13.0. The van der Waals surface area contributed by atoms with Crippen LogP contribution < -0.4 is 0 Å². The van der Waals surface area contributed by atoms with Crippen LogP contribution in [0.15, 0.2) is 0 Å². The second-order valence-electron chi connectivity index (χ2n) is 5.38. The van der Waals surface area contributed by atoms with E-state index in [1.165, 1.54) is 26.4 Å². The molecule has 0 saturated heterocycles. The first kappa shape index (κ1) is 21.0. The van der Waals surface area contributed by atoms with Gasteiger partial charge in [0.05, 0.1) is 6.10 Å². The normalized spacial score (nSPS) is 15.7. The molecule has 0 aliphatic carbocycles. The lowest BCUT2D eigenvalue weighted by Crippen LogP contribution is -2.37. The van der Waals surface area contributed by atoms with Gasteiger partial charge in [-0.2, -0.15) is 0 Å². The summed E-state index contributed by atoms with van der Waals surface area (Å²) in [5.74, 6) is 9.94. The fraction of sp³-hybridized carbons (Fsp3) is 0.778. The van der Waals surface area contributed by atoms with Gasteiger partial charge in [-0.3, -0.25) is 0 Å². The summed E-state index contributed by atoms with van der Waals surface area (Å²) in [5.41, 5.74) is 0. The Labute approximate surface area is 134 Å². The minimum atomic E-state index is -1.20. The van der Waals surface area contributed by atoms with Gasteiger partial charge in [-0.1, -0.05) is 57.8 Å². The molecule has 0 aromatic rings. The van der Waals surface area contributed by atoms with Crippen LogP contribution in [0.2, 0.25) is 0 Å². The quantitative estimate of drug-likeness (QED) is 0.425. The zero-order valence-electron chi connectivity index (χ0n) is 14.0. The molecule has 0 heterocycles. The number of aliphatic hydroxyl groups excluding tert-OH is 3. The second kappa shape index (κ2) is 13.6. The summed E-state index contributed by atoms with van der Waals surface area (Å²) in [6, 6.07) is 0. The lowest BCUT2D eigenvalue weighted by molar-refractivity contribution is -0.0611. The van der Waals surface area contributed by atoms with Crippen molar-refractivity contribution in [2.75, 3.05) is 7.11 Å². The fourth-order valence-corrected chi connectivity index (χ4v) is 2.00. The van der Waals surface area contributed by atoms with E-state index in [1.807, 2.05) is 6.92 Å². The molecular weight excluding hydrogens is 280 g/mol. The maximum atomic E-state index is 10.1. The van der Waals surface area contributed by atoms with Gasteiger partial charge in [0.2, 0.25) is 0 Å². The molecule has 3 N–H and O–H groups in total. The summed E-state index contributed by atoms with van der Waals surface area (Å²) < 4.78 is 5.25. The van der Waals surface area contributed by atoms with E-state index in [-0.39, 0.29) is 0 Å². The van der Waals surface area contributed by atoms with Gasteiger partial charge in [0.25, 0.3) is 0 Å². The minimum Gasteiger partial charge on any atom is -0.387 e. The smallest absolute Gasteiger partial charge is 0.144 e. The lowest BCUT2D eigenvalue weighted by atomic mass is 10.0. The third-order valence-corrected chi connectivity index (χ3v) is 3.51. The van der Waals surface area contributed by atoms with Crippen molar-refractivity contribution >= 4 is 0 Å². The number of ether oxygens (including phenoxy) is 1. The van der Waals surface area contributed by atoms with Crippen LogP contribution in [0.4, 0.5) is 0 Å². The predicted octanol–water partition coefficient (Wildman–Crippen LogP) is 1.86. The molecule has 0 aliphatic heterocycles. The highest BCUT2D eigenvalue weighted by atomic mass is 16.5. The molecule has 126 valence electrons. The van der Waals surface area contributed by atoms with Crippen LogP contribution in [-0.4, -0.2) is 46.8 Å². The lowest BCUT2D eigenvalue weighted by Gasteiger charge is -2.23. The molecule has 0 unspecified atom stereocenters. The average molecular weight is 310 g/mol. The van der Waals surface area contributed by atoms with Crippen molar-refractivity contribution in [1.82, 2.24) is 0 Å². The summed E-state index contributed by atoms with van der Waals surface area (Å²) in [4.78, 5) is 0. The molecule has 0 spiro atoms. The average Bonchev–Trinajstić information content (AvgIpc) is 2.53. The predicted molar refractivity (Wildman–Crippen MR) is 88.0 cm³/mol. The molecule has 0 bridgehead atoms. The summed E-state index contributed by atoms with van der Waals surface area (Å²) in [5, 5.41) is 29.2. The van der Waals surface area contributed by atoms with Gasteiger partial charge in [-0.15, -0.1) is 0 Å². The standard InChI is InChI=1S/C18H30O4/c1-4-6-7-8-9-14-17(22-3)18(21)16(20)13-11-10-12-15(19)5-2/h15-21H,4-9,14H2,1-3H3/t15-,16+,17+,18+/m1/s1. The fourth-order valence-electron chi connectivity index (χ4n) is 2.00. The first-order valence-electron chi connectivity index (χ1n) is 8.14. The molecule has 4 atom stereocenters. The van der Waals surface area contributed by atoms with E-state index in [0.29, 0.717) is 12.8 Å². The van der Waals surface area contributed by atoms with E-state index < -0.39 is 24.4 Å². The van der Waals surface area contributed by atoms with E-state index in [0.717, 1.165) is 12.8 Å². The zero-order valence-corrected chi connectivity index (χ0v) is 14.0. The Morgan fingerprint density at radius 2 is 1.55 bits per heavy atom.